The predicted molar refractivity (Wildman–Crippen MR) is 84.7 cm³/mol. The van der Waals surface area contributed by atoms with Crippen molar-refractivity contribution in [1.29, 1.82) is 0 Å². The average Bonchev–Trinajstić information content (AvgIpc) is 2.55. The molecule has 0 radical (unpaired) electrons. The topological polar surface area (TPSA) is 63.6 Å². The van der Waals surface area contributed by atoms with Crippen LogP contribution in [0.5, 0.6) is 5.75 Å². The first-order valence-electron chi connectivity index (χ1n) is 6.89. The SMILES string of the molecule is O=C(O)c1cccc(C(=O)Oc2cccc3c2CSCC3)c1. The van der Waals surface area contributed by atoms with Gasteiger partial charge in [0.2, 0.25) is 0 Å². The summed E-state index contributed by atoms with van der Waals surface area (Å²) in [5, 5.41) is 8.98. The Labute approximate surface area is 132 Å². The van der Waals surface area contributed by atoms with E-state index in [1.165, 1.54) is 23.8 Å². The van der Waals surface area contributed by atoms with E-state index in [4.69, 9.17) is 9.84 Å². The van der Waals surface area contributed by atoms with Gasteiger partial charge in [-0.25, -0.2) is 9.59 Å². The minimum Gasteiger partial charge on any atom is -0.478 e. The van der Waals surface area contributed by atoms with Crippen LogP contribution >= 0.6 is 11.8 Å². The van der Waals surface area contributed by atoms with Crippen molar-refractivity contribution in [3.05, 3.63) is 64.7 Å². The van der Waals surface area contributed by atoms with E-state index in [-0.39, 0.29) is 11.1 Å². The number of carbonyl (C=O) groups excluding carboxylic acids is 1. The summed E-state index contributed by atoms with van der Waals surface area (Å²) in [4.78, 5) is 23.2. The molecule has 3 rings (SSSR count). The van der Waals surface area contributed by atoms with Gasteiger partial charge in [0.25, 0.3) is 0 Å². The number of benzene rings is 2. The maximum Gasteiger partial charge on any atom is 0.343 e. The number of carbonyl (C=O) groups is 2. The van der Waals surface area contributed by atoms with E-state index < -0.39 is 11.9 Å². The van der Waals surface area contributed by atoms with Gasteiger partial charge in [-0.15, -0.1) is 0 Å². The minimum absolute atomic E-state index is 0.0695. The molecule has 2 aromatic carbocycles. The molecule has 0 spiro atoms. The van der Waals surface area contributed by atoms with E-state index >= 15 is 0 Å². The third-order valence-corrected chi connectivity index (χ3v) is 4.53. The molecule has 0 bridgehead atoms. The van der Waals surface area contributed by atoms with Gasteiger partial charge in [0.05, 0.1) is 11.1 Å². The van der Waals surface area contributed by atoms with Crippen LogP contribution in [0.4, 0.5) is 0 Å². The highest BCUT2D eigenvalue weighted by Crippen LogP contribution is 2.32. The van der Waals surface area contributed by atoms with Crippen molar-refractivity contribution in [2.45, 2.75) is 12.2 Å². The molecule has 0 saturated heterocycles. The standard InChI is InChI=1S/C17H14O4S/c18-16(19)12-4-1-5-13(9-12)17(20)21-15-6-2-3-11-7-8-22-10-14(11)15/h1-6,9H,7-8,10H2,(H,18,19). The molecule has 2 aromatic rings. The van der Waals surface area contributed by atoms with Crippen LogP contribution in [-0.4, -0.2) is 22.8 Å². The van der Waals surface area contributed by atoms with Crippen LogP contribution in [0, 0.1) is 0 Å². The molecule has 0 amide bonds. The van der Waals surface area contributed by atoms with E-state index in [9.17, 15) is 9.59 Å². The van der Waals surface area contributed by atoms with Crippen molar-refractivity contribution in [2.75, 3.05) is 5.75 Å². The summed E-state index contributed by atoms with van der Waals surface area (Å²) < 4.78 is 5.49. The lowest BCUT2D eigenvalue weighted by atomic mass is 10.1. The van der Waals surface area contributed by atoms with Crippen molar-refractivity contribution in [3.8, 4) is 5.75 Å². The number of thioether (sulfide) groups is 1. The van der Waals surface area contributed by atoms with Crippen molar-refractivity contribution >= 4 is 23.7 Å². The maximum absolute atomic E-state index is 12.3. The molecule has 5 heteroatoms. The third kappa shape index (κ3) is 2.99. The summed E-state index contributed by atoms with van der Waals surface area (Å²) in [5.74, 6) is 0.865. The smallest absolute Gasteiger partial charge is 0.343 e. The van der Waals surface area contributed by atoms with Crippen molar-refractivity contribution in [2.24, 2.45) is 0 Å². The summed E-state index contributed by atoms with van der Waals surface area (Å²) in [6.07, 6.45) is 0.972. The van der Waals surface area contributed by atoms with Gasteiger partial charge in [0.1, 0.15) is 5.75 Å². The van der Waals surface area contributed by atoms with Gasteiger partial charge >= 0.3 is 11.9 Å². The van der Waals surface area contributed by atoms with E-state index in [2.05, 4.69) is 6.07 Å². The first-order chi connectivity index (χ1) is 10.6. The second-order valence-electron chi connectivity index (χ2n) is 4.97. The highest BCUT2D eigenvalue weighted by atomic mass is 32.2. The molecule has 0 unspecified atom stereocenters. The molecule has 0 saturated carbocycles. The van der Waals surface area contributed by atoms with Crippen molar-refractivity contribution < 1.29 is 19.4 Å². The number of fused-ring (bicyclic) bond motifs is 1. The molecule has 22 heavy (non-hydrogen) atoms. The molecular formula is C17H14O4S. The second-order valence-corrected chi connectivity index (χ2v) is 6.08. The fourth-order valence-electron chi connectivity index (χ4n) is 2.40. The van der Waals surface area contributed by atoms with Gasteiger partial charge in [-0.3, -0.25) is 0 Å². The third-order valence-electron chi connectivity index (χ3n) is 3.54. The largest absolute Gasteiger partial charge is 0.478 e. The molecule has 4 nitrogen and oxygen atoms in total. The molecule has 112 valence electrons. The van der Waals surface area contributed by atoms with E-state index in [0.717, 1.165) is 23.5 Å². The first kappa shape index (κ1) is 14.7. The lowest BCUT2D eigenvalue weighted by Gasteiger charge is -2.18. The number of hydrogen-bond donors (Lipinski definition) is 1. The fraction of sp³-hybridized carbons (Fsp3) is 0.176. The summed E-state index contributed by atoms with van der Waals surface area (Å²) in [6.45, 7) is 0. The number of rotatable bonds is 3. The molecule has 0 aromatic heterocycles. The Morgan fingerprint density at radius 1 is 1.09 bits per heavy atom. The molecule has 1 N–H and O–H groups in total. The monoisotopic (exact) mass is 314 g/mol. The number of hydrogen-bond acceptors (Lipinski definition) is 4. The molecule has 0 atom stereocenters. The summed E-state index contributed by atoms with van der Waals surface area (Å²) >= 11 is 1.81. The summed E-state index contributed by atoms with van der Waals surface area (Å²) in [7, 11) is 0. The van der Waals surface area contributed by atoms with Gasteiger partial charge in [-0.05, 0) is 42.0 Å². The van der Waals surface area contributed by atoms with E-state index in [1.807, 2.05) is 17.8 Å². The number of carboxylic acids is 1. The lowest BCUT2D eigenvalue weighted by Crippen LogP contribution is -2.13. The zero-order valence-electron chi connectivity index (χ0n) is 11.7. The van der Waals surface area contributed by atoms with Gasteiger partial charge in [0, 0.05) is 11.3 Å². The number of esters is 1. The second kappa shape index (κ2) is 6.23. The molecule has 1 aliphatic rings. The molecular weight excluding hydrogens is 300 g/mol. The Bertz CT molecular complexity index is 739. The molecule has 1 aliphatic heterocycles. The normalized spacial score (nSPS) is 13.3. The predicted octanol–water partition coefficient (Wildman–Crippen LogP) is 3.39. The minimum atomic E-state index is -1.07. The Morgan fingerprint density at radius 2 is 1.86 bits per heavy atom. The van der Waals surface area contributed by atoms with Gasteiger partial charge < -0.3 is 9.84 Å². The van der Waals surface area contributed by atoms with Gasteiger partial charge in [-0.1, -0.05) is 18.2 Å². The van der Waals surface area contributed by atoms with Crippen LogP contribution in [0.1, 0.15) is 31.8 Å². The Kier molecular flexibility index (Phi) is 4.15. The quantitative estimate of drug-likeness (QED) is 0.695. The Hall–Kier alpha value is -2.27. The van der Waals surface area contributed by atoms with Crippen LogP contribution in [-0.2, 0) is 12.2 Å². The van der Waals surface area contributed by atoms with Crippen LogP contribution in [0.15, 0.2) is 42.5 Å². The van der Waals surface area contributed by atoms with Crippen molar-refractivity contribution in [1.82, 2.24) is 0 Å². The zero-order chi connectivity index (χ0) is 15.5. The van der Waals surface area contributed by atoms with Crippen LogP contribution < -0.4 is 4.74 Å². The van der Waals surface area contributed by atoms with Crippen LogP contribution in [0.3, 0.4) is 0 Å². The molecule has 0 aliphatic carbocycles. The Balaban J connectivity index is 1.86. The van der Waals surface area contributed by atoms with E-state index in [1.54, 1.807) is 12.1 Å². The summed E-state index contributed by atoms with van der Waals surface area (Å²) in [6, 6.07) is 11.6. The zero-order valence-corrected chi connectivity index (χ0v) is 12.6. The highest BCUT2D eigenvalue weighted by molar-refractivity contribution is 7.98. The highest BCUT2D eigenvalue weighted by Gasteiger charge is 2.18. The van der Waals surface area contributed by atoms with Crippen LogP contribution in [0.2, 0.25) is 0 Å². The average molecular weight is 314 g/mol. The first-order valence-corrected chi connectivity index (χ1v) is 8.04. The number of aromatic carboxylic acids is 1. The number of ether oxygens (including phenoxy) is 1. The van der Waals surface area contributed by atoms with Crippen LogP contribution in [0.25, 0.3) is 0 Å². The number of carboxylic acid groups (broad SMARTS) is 1. The number of aryl methyl sites for hydroxylation is 1. The van der Waals surface area contributed by atoms with E-state index in [0.29, 0.717) is 5.75 Å². The van der Waals surface area contributed by atoms with Gasteiger partial charge in [0.15, 0.2) is 0 Å². The summed E-state index contributed by atoms with van der Waals surface area (Å²) in [5.41, 5.74) is 2.57. The molecule has 1 heterocycles. The van der Waals surface area contributed by atoms with Crippen molar-refractivity contribution in [3.63, 3.8) is 0 Å². The maximum atomic E-state index is 12.3. The van der Waals surface area contributed by atoms with Gasteiger partial charge in [-0.2, -0.15) is 11.8 Å². The molecule has 0 fully saturated rings. The lowest BCUT2D eigenvalue weighted by molar-refractivity contribution is 0.0697. The fourth-order valence-corrected chi connectivity index (χ4v) is 3.44. The Morgan fingerprint density at radius 3 is 2.68 bits per heavy atom.